The molecule has 2 atom stereocenters. The topological polar surface area (TPSA) is 83.6 Å². The number of sulfonamides is 2. The summed E-state index contributed by atoms with van der Waals surface area (Å²) >= 11 is 2.30. The fourth-order valence-electron chi connectivity index (χ4n) is 3.60. The summed E-state index contributed by atoms with van der Waals surface area (Å²) in [6.07, 6.45) is 3.42. The molecule has 4 rings (SSSR count). The van der Waals surface area contributed by atoms with Crippen LogP contribution in [0.5, 0.6) is 0 Å². The van der Waals surface area contributed by atoms with Gasteiger partial charge in [-0.1, -0.05) is 46.9 Å². The first-order valence-corrected chi connectivity index (χ1v) is 16.0. The van der Waals surface area contributed by atoms with E-state index in [-0.39, 0.29) is 54.4 Å². The van der Waals surface area contributed by atoms with Crippen LogP contribution in [0.3, 0.4) is 0 Å². The Morgan fingerprint density at radius 3 is 1.72 bits per heavy atom. The third kappa shape index (κ3) is 11.7. The van der Waals surface area contributed by atoms with E-state index in [9.17, 15) is 25.6 Å². The molecular formula is C24H34F2IN2NaO4S2. The van der Waals surface area contributed by atoms with Gasteiger partial charge in [0.2, 0.25) is 20.0 Å². The number of hydrogen-bond acceptors (Lipinski definition) is 4. The average Bonchev–Trinajstić information content (AvgIpc) is 2.80. The molecule has 198 valence electrons. The van der Waals surface area contributed by atoms with Crippen molar-refractivity contribution in [2.24, 2.45) is 0 Å². The molecule has 0 bridgehead atoms. The van der Waals surface area contributed by atoms with E-state index < -0.39 is 20.0 Å². The number of rotatable bonds is 3. The van der Waals surface area contributed by atoms with Crippen molar-refractivity contribution >= 4 is 42.6 Å². The second-order valence-electron chi connectivity index (χ2n) is 8.45. The maximum atomic E-state index is 12.8. The van der Waals surface area contributed by atoms with E-state index in [4.69, 9.17) is 0 Å². The minimum atomic E-state index is -3.14. The van der Waals surface area contributed by atoms with E-state index >= 15 is 0 Å². The Kier molecular flexibility index (Phi) is 15.1. The second-order valence-corrected chi connectivity index (χ2v) is 14.3. The van der Waals surface area contributed by atoms with E-state index in [2.05, 4.69) is 34.2 Å². The van der Waals surface area contributed by atoms with Gasteiger partial charge in [0.1, 0.15) is 11.6 Å². The second kappa shape index (κ2) is 16.1. The summed E-state index contributed by atoms with van der Waals surface area (Å²) in [5, 5.41) is 0. The summed E-state index contributed by atoms with van der Waals surface area (Å²) in [5.41, 5.74) is 2.00. The maximum absolute atomic E-state index is 12.8. The fraction of sp³-hybridized carbons (Fsp3) is 0.500. The number of benzene rings is 2. The van der Waals surface area contributed by atoms with Gasteiger partial charge in [0.15, 0.2) is 0 Å². The van der Waals surface area contributed by atoms with Gasteiger partial charge in [-0.2, -0.15) is 4.31 Å². The van der Waals surface area contributed by atoms with Crippen molar-refractivity contribution in [1.82, 2.24) is 9.03 Å². The number of halogens is 3. The molecule has 2 aromatic carbocycles. The molecular weight excluding hydrogens is 632 g/mol. The van der Waals surface area contributed by atoms with E-state index in [1.54, 1.807) is 12.1 Å². The summed E-state index contributed by atoms with van der Waals surface area (Å²) in [7, 11) is -5.97. The third-order valence-electron chi connectivity index (χ3n) is 5.66. The third-order valence-corrected chi connectivity index (χ3v) is 9.87. The molecule has 0 aliphatic carbocycles. The first kappa shape index (κ1) is 33.9. The Morgan fingerprint density at radius 2 is 1.33 bits per heavy atom. The van der Waals surface area contributed by atoms with E-state index in [1.807, 2.05) is 19.1 Å². The molecule has 2 aromatic rings. The van der Waals surface area contributed by atoms with Gasteiger partial charge in [0, 0.05) is 23.1 Å². The van der Waals surface area contributed by atoms with Crippen LogP contribution in [0.4, 0.5) is 8.78 Å². The Bertz CT molecular complexity index is 1130. The molecule has 0 spiro atoms. The van der Waals surface area contributed by atoms with Crippen molar-refractivity contribution in [2.75, 3.05) is 24.6 Å². The Hall–Kier alpha value is -0.150. The molecule has 0 radical (unpaired) electrons. The summed E-state index contributed by atoms with van der Waals surface area (Å²) in [4.78, 5) is 0. The van der Waals surface area contributed by atoms with Crippen molar-refractivity contribution in [3.05, 3.63) is 71.3 Å². The molecule has 12 heteroatoms. The Labute approximate surface area is 251 Å². The zero-order valence-electron chi connectivity index (χ0n) is 22.0. The normalized spacial score (nSPS) is 20.2. The first-order chi connectivity index (χ1) is 16.4. The van der Waals surface area contributed by atoms with Crippen molar-refractivity contribution in [2.45, 2.75) is 49.5 Å². The molecule has 2 heterocycles. The molecule has 2 unspecified atom stereocenters. The van der Waals surface area contributed by atoms with Gasteiger partial charge in [-0.3, -0.25) is 0 Å². The van der Waals surface area contributed by atoms with Gasteiger partial charge < -0.3 is 1.43 Å². The number of nitrogens with one attached hydrogen (secondary N) is 1. The van der Waals surface area contributed by atoms with Crippen molar-refractivity contribution < 1.29 is 56.6 Å². The number of nitrogens with zero attached hydrogens (tertiary/aromatic N) is 1. The number of alkyl halides is 1. The van der Waals surface area contributed by atoms with Crippen LogP contribution in [0.25, 0.3) is 0 Å². The quantitative estimate of drug-likeness (QED) is 0.310. The number of hydrogen-bond donors (Lipinski definition) is 1. The van der Waals surface area contributed by atoms with E-state index in [0.29, 0.717) is 22.8 Å². The van der Waals surface area contributed by atoms with Crippen molar-refractivity contribution in [1.29, 1.82) is 0 Å². The molecule has 0 saturated carbocycles. The molecule has 2 aliphatic rings. The zero-order chi connectivity index (χ0) is 26.1. The minimum Gasteiger partial charge on any atom is -1.00 e. The summed E-state index contributed by atoms with van der Waals surface area (Å²) in [6.45, 7) is 5.10. The summed E-state index contributed by atoms with van der Waals surface area (Å²) < 4.78 is 74.5. The maximum Gasteiger partial charge on any atom is 1.00 e. The van der Waals surface area contributed by atoms with Gasteiger partial charge in [0.25, 0.3) is 0 Å². The zero-order valence-corrected chi connectivity index (χ0v) is 26.8. The monoisotopic (exact) mass is 666 g/mol. The smallest absolute Gasteiger partial charge is 1.00 e. The van der Waals surface area contributed by atoms with Gasteiger partial charge in [-0.05, 0) is 74.9 Å². The minimum absolute atomic E-state index is 0. The van der Waals surface area contributed by atoms with Crippen LogP contribution < -0.4 is 34.3 Å². The van der Waals surface area contributed by atoms with Crippen LogP contribution in [0.1, 0.15) is 62.1 Å². The molecule has 0 amide bonds. The Balaban J connectivity index is 0.000000557. The van der Waals surface area contributed by atoms with Gasteiger partial charge in [-0.15, -0.1) is 0 Å². The van der Waals surface area contributed by atoms with Crippen LogP contribution in [0.2, 0.25) is 0 Å². The Morgan fingerprint density at radius 1 is 0.833 bits per heavy atom. The SMILES string of the molecule is CC(I)c1ccc(F)cc1.CC(c1ccc(F)cc1)N1CCCCS1(=O)=O.O=S1(=O)CCCCN1.[H-].[Na+]. The largest absolute Gasteiger partial charge is 1.00 e. The van der Waals surface area contributed by atoms with Crippen LogP contribution in [0.15, 0.2) is 48.5 Å². The van der Waals surface area contributed by atoms with Gasteiger partial charge in [-0.25, -0.2) is 30.3 Å². The summed E-state index contributed by atoms with van der Waals surface area (Å²) in [6, 6.07) is 12.4. The van der Waals surface area contributed by atoms with Crippen molar-refractivity contribution in [3.63, 3.8) is 0 Å². The predicted octanol–water partition coefficient (Wildman–Crippen LogP) is 2.45. The van der Waals surface area contributed by atoms with Crippen LogP contribution in [0, 0.1) is 11.6 Å². The average molecular weight is 667 g/mol. The van der Waals surface area contributed by atoms with Crippen molar-refractivity contribution in [3.8, 4) is 0 Å². The predicted molar refractivity (Wildman–Crippen MR) is 146 cm³/mol. The molecule has 0 aromatic heterocycles. The molecule has 2 saturated heterocycles. The molecule has 6 nitrogen and oxygen atoms in total. The van der Waals surface area contributed by atoms with Gasteiger partial charge >= 0.3 is 29.6 Å². The van der Waals surface area contributed by atoms with Gasteiger partial charge in [0.05, 0.1) is 11.5 Å². The molecule has 1 N–H and O–H groups in total. The first-order valence-electron chi connectivity index (χ1n) is 11.5. The fourth-order valence-corrected chi connectivity index (χ4v) is 7.01. The van der Waals surface area contributed by atoms with E-state index in [1.165, 1.54) is 34.1 Å². The molecule has 2 aliphatic heterocycles. The van der Waals surface area contributed by atoms with Crippen LogP contribution >= 0.6 is 22.6 Å². The van der Waals surface area contributed by atoms with Crippen LogP contribution in [-0.2, 0) is 20.0 Å². The molecule has 36 heavy (non-hydrogen) atoms. The standard InChI is InChI=1S/C12H16FNO2S.C8H8FI.C4H9NO2S.Na.H/c1-10(11-4-6-12(13)7-5-11)14-8-2-3-9-17(14,15)16;1-6(10)7-2-4-8(9)5-3-7;6-8(7)4-2-1-3-5-8;;/h4-7,10H,2-3,8-9H2,1H3;2-6H,1H3;5H,1-4H2;;/q;;;+1;-1. The van der Waals surface area contributed by atoms with Crippen LogP contribution in [-0.4, -0.2) is 45.7 Å². The molecule has 2 fully saturated rings. The summed E-state index contributed by atoms with van der Waals surface area (Å²) in [5.74, 6) is 0.0641. The van der Waals surface area contributed by atoms with E-state index in [0.717, 1.165) is 31.2 Å².